The lowest BCUT2D eigenvalue weighted by molar-refractivity contribution is 0.387. The zero-order chi connectivity index (χ0) is 17.4. The summed E-state index contributed by atoms with van der Waals surface area (Å²) in [4.78, 5) is 13.8. The molecule has 0 amide bonds. The number of nitriles is 1. The van der Waals surface area contributed by atoms with E-state index in [9.17, 15) is 5.26 Å². The molecule has 0 radical (unpaired) electrons. The summed E-state index contributed by atoms with van der Waals surface area (Å²) in [5.41, 5.74) is 4.06. The number of rotatable bonds is 2. The van der Waals surface area contributed by atoms with Crippen LogP contribution in [0, 0.1) is 31.1 Å². The summed E-state index contributed by atoms with van der Waals surface area (Å²) in [6.07, 6.45) is 4.20. The van der Waals surface area contributed by atoms with Crippen LogP contribution in [0.4, 0.5) is 11.6 Å². The third-order valence-corrected chi connectivity index (χ3v) is 5.51. The van der Waals surface area contributed by atoms with Crippen molar-refractivity contribution in [2.45, 2.75) is 32.7 Å². The predicted molar refractivity (Wildman–Crippen MR) is 98.7 cm³/mol. The van der Waals surface area contributed by atoms with Crippen molar-refractivity contribution >= 4 is 11.6 Å². The molecular formula is C20H23N5. The first-order valence-electron chi connectivity index (χ1n) is 8.97. The van der Waals surface area contributed by atoms with Gasteiger partial charge in [-0.3, -0.25) is 0 Å². The van der Waals surface area contributed by atoms with E-state index in [-0.39, 0.29) is 0 Å². The smallest absolute Gasteiger partial charge is 0.225 e. The second-order valence-corrected chi connectivity index (χ2v) is 7.17. The van der Waals surface area contributed by atoms with Gasteiger partial charge in [-0.25, -0.2) is 9.97 Å². The highest BCUT2D eigenvalue weighted by atomic mass is 15.3. The maximum atomic E-state index is 9.52. The molecule has 1 aromatic heterocycles. The minimum absolute atomic E-state index is 0.423. The van der Waals surface area contributed by atoms with E-state index in [1.54, 1.807) is 0 Å². The molecule has 1 aromatic carbocycles. The normalized spacial score (nSPS) is 22.6. The number of hydrogen-bond acceptors (Lipinski definition) is 5. The molecule has 2 aliphatic heterocycles. The number of aromatic nitrogens is 2. The van der Waals surface area contributed by atoms with Gasteiger partial charge in [0.15, 0.2) is 0 Å². The lowest BCUT2D eigenvalue weighted by atomic mass is 9.92. The zero-order valence-corrected chi connectivity index (χ0v) is 14.8. The van der Waals surface area contributed by atoms with E-state index in [2.05, 4.69) is 38.8 Å². The molecule has 2 unspecified atom stereocenters. The van der Waals surface area contributed by atoms with Crippen molar-refractivity contribution in [2.24, 2.45) is 5.92 Å². The fourth-order valence-electron chi connectivity index (χ4n) is 4.18. The summed E-state index contributed by atoms with van der Waals surface area (Å²) in [6, 6.07) is 10.8. The fourth-order valence-corrected chi connectivity index (χ4v) is 4.18. The Morgan fingerprint density at radius 2 is 2.00 bits per heavy atom. The summed E-state index contributed by atoms with van der Waals surface area (Å²) in [5.74, 6) is 1.52. The molecule has 0 spiro atoms. The molecule has 128 valence electrons. The first-order valence-corrected chi connectivity index (χ1v) is 8.97. The Kier molecular flexibility index (Phi) is 4.04. The highest BCUT2D eigenvalue weighted by Gasteiger charge is 2.39. The molecule has 0 N–H and O–H groups in total. The molecule has 25 heavy (non-hydrogen) atoms. The molecule has 2 aromatic rings. The van der Waals surface area contributed by atoms with Gasteiger partial charge in [0, 0.05) is 37.6 Å². The highest BCUT2D eigenvalue weighted by molar-refractivity contribution is 5.62. The molecule has 4 rings (SSSR count). The maximum Gasteiger partial charge on any atom is 0.225 e. The van der Waals surface area contributed by atoms with E-state index in [0.717, 1.165) is 48.9 Å². The van der Waals surface area contributed by atoms with Gasteiger partial charge < -0.3 is 9.80 Å². The Labute approximate surface area is 148 Å². The number of nitrogens with zero attached hydrogens (tertiary/aromatic N) is 5. The van der Waals surface area contributed by atoms with Gasteiger partial charge in [-0.05, 0) is 56.4 Å². The molecule has 0 aliphatic carbocycles. The quantitative estimate of drug-likeness (QED) is 0.845. The zero-order valence-electron chi connectivity index (χ0n) is 14.8. The van der Waals surface area contributed by atoms with Gasteiger partial charge >= 0.3 is 0 Å². The molecule has 5 heteroatoms. The molecule has 2 fully saturated rings. The summed E-state index contributed by atoms with van der Waals surface area (Å²) < 4.78 is 0. The van der Waals surface area contributed by atoms with Gasteiger partial charge in [0.2, 0.25) is 5.95 Å². The largest absolute Gasteiger partial charge is 0.365 e. The monoisotopic (exact) mass is 333 g/mol. The SMILES string of the molecule is Cc1ccc(C#N)c(N2CCC3CCN(c4nccc(C)n4)CC32)c1. The second-order valence-electron chi connectivity index (χ2n) is 7.17. The maximum absolute atomic E-state index is 9.52. The van der Waals surface area contributed by atoms with Gasteiger partial charge in [-0.2, -0.15) is 5.26 Å². The van der Waals surface area contributed by atoms with Crippen LogP contribution in [-0.2, 0) is 0 Å². The van der Waals surface area contributed by atoms with Crippen LogP contribution in [0.15, 0.2) is 30.5 Å². The van der Waals surface area contributed by atoms with Gasteiger partial charge in [0.25, 0.3) is 0 Å². The minimum Gasteiger partial charge on any atom is -0.365 e. The van der Waals surface area contributed by atoms with E-state index in [0.29, 0.717) is 12.0 Å². The Hall–Kier alpha value is -2.61. The van der Waals surface area contributed by atoms with Crippen LogP contribution in [0.5, 0.6) is 0 Å². The minimum atomic E-state index is 0.423. The van der Waals surface area contributed by atoms with Crippen LogP contribution in [-0.4, -0.2) is 35.6 Å². The van der Waals surface area contributed by atoms with E-state index in [1.807, 2.05) is 31.3 Å². The second kappa shape index (κ2) is 6.36. The van der Waals surface area contributed by atoms with Crippen molar-refractivity contribution in [3.63, 3.8) is 0 Å². The molecule has 2 atom stereocenters. The lowest BCUT2D eigenvalue weighted by Gasteiger charge is -2.39. The van der Waals surface area contributed by atoms with Crippen molar-refractivity contribution in [1.82, 2.24) is 9.97 Å². The van der Waals surface area contributed by atoms with Crippen LogP contribution in [0.2, 0.25) is 0 Å². The number of fused-ring (bicyclic) bond motifs is 1. The van der Waals surface area contributed by atoms with E-state index in [1.165, 1.54) is 12.0 Å². The fraction of sp³-hybridized carbons (Fsp3) is 0.450. The molecule has 2 saturated heterocycles. The van der Waals surface area contributed by atoms with Crippen LogP contribution in [0.3, 0.4) is 0 Å². The molecule has 0 bridgehead atoms. The van der Waals surface area contributed by atoms with E-state index in [4.69, 9.17) is 0 Å². The molecule has 3 heterocycles. The van der Waals surface area contributed by atoms with E-state index < -0.39 is 0 Å². The van der Waals surface area contributed by atoms with Gasteiger partial charge in [-0.1, -0.05) is 6.07 Å². The van der Waals surface area contributed by atoms with Crippen LogP contribution >= 0.6 is 0 Å². The van der Waals surface area contributed by atoms with Crippen molar-refractivity contribution in [3.8, 4) is 6.07 Å². The average molecular weight is 333 g/mol. The first-order chi connectivity index (χ1) is 12.2. The highest BCUT2D eigenvalue weighted by Crippen LogP contribution is 2.37. The van der Waals surface area contributed by atoms with Crippen molar-refractivity contribution < 1.29 is 0 Å². The summed E-state index contributed by atoms with van der Waals surface area (Å²) in [7, 11) is 0. The molecular weight excluding hydrogens is 310 g/mol. The Balaban J connectivity index is 1.63. The Bertz CT molecular complexity index is 825. The third kappa shape index (κ3) is 2.93. The first kappa shape index (κ1) is 15.9. The summed E-state index contributed by atoms with van der Waals surface area (Å²) in [5, 5.41) is 9.52. The number of piperidine rings is 1. The van der Waals surface area contributed by atoms with Crippen molar-refractivity contribution in [3.05, 3.63) is 47.3 Å². The van der Waals surface area contributed by atoms with Crippen molar-refractivity contribution in [1.29, 1.82) is 5.26 Å². The molecule has 5 nitrogen and oxygen atoms in total. The third-order valence-electron chi connectivity index (χ3n) is 5.51. The van der Waals surface area contributed by atoms with Gasteiger partial charge in [0.1, 0.15) is 6.07 Å². The lowest BCUT2D eigenvalue weighted by Crippen LogP contribution is -2.49. The number of aryl methyl sites for hydroxylation is 2. The van der Waals surface area contributed by atoms with Crippen LogP contribution in [0.1, 0.15) is 29.7 Å². The van der Waals surface area contributed by atoms with Crippen molar-refractivity contribution in [2.75, 3.05) is 29.4 Å². The summed E-state index contributed by atoms with van der Waals surface area (Å²) >= 11 is 0. The Morgan fingerprint density at radius 3 is 2.80 bits per heavy atom. The van der Waals surface area contributed by atoms with Crippen LogP contribution < -0.4 is 9.80 Å². The number of anilines is 2. The number of benzene rings is 1. The summed E-state index contributed by atoms with van der Waals surface area (Å²) in [6.45, 7) is 7.05. The van der Waals surface area contributed by atoms with E-state index >= 15 is 0 Å². The number of hydrogen-bond donors (Lipinski definition) is 0. The average Bonchev–Trinajstić information content (AvgIpc) is 3.04. The topological polar surface area (TPSA) is 56.1 Å². The van der Waals surface area contributed by atoms with Crippen LogP contribution in [0.25, 0.3) is 0 Å². The predicted octanol–water partition coefficient (Wildman–Crippen LogP) is 3.07. The Morgan fingerprint density at radius 1 is 1.16 bits per heavy atom. The van der Waals surface area contributed by atoms with Gasteiger partial charge in [0.05, 0.1) is 11.3 Å². The molecule has 0 saturated carbocycles. The van der Waals surface area contributed by atoms with Gasteiger partial charge in [-0.15, -0.1) is 0 Å². The molecule has 2 aliphatic rings. The standard InChI is InChI=1S/C20H23N5/c1-14-3-4-17(12-21)18(11-14)25-10-7-16-6-9-24(13-19(16)25)20-22-8-5-15(2)23-20/h3-5,8,11,16,19H,6-7,9-10,13H2,1-2H3.